The van der Waals surface area contributed by atoms with Gasteiger partial charge in [0.2, 0.25) is 11.8 Å². The summed E-state index contributed by atoms with van der Waals surface area (Å²) in [6, 6.07) is 21.8. The van der Waals surface area contributed by atoms with Gasteiger partial charge in [-0.3, -0.25) is 14.9 Å². The van der Waals surface area contributed by atoms with Crippen LogP contribution in [0.25, 0.3) is 21.7 Å². The minimum atomic E-state index is -0.662. The van der Waals surface area contributed by atoms with Crippen molar-refractivity contribution in [2.45, 2.75) is 69.9 Å². The summed E-state index contributed by atoms with van der Waals surface area (Å²) < 4.78 is 0. The first-order chi connectivity index (χ1) is 20.8. The zero-order chi connectivity index (χ0) is 30.3. The van der Waals surface area contributed by atoms with Crippen molar-refractivity contribution in [2.24, 2.45) is 17.2 Å². The maximum absolute atomic E-state index is 13.8. The van der Waals surface area contributed by atoms with Gasteiger partial charge in [-0.2, -0.15) is 0 Å². The lowest BCUT2D eigenvalue weighted by atomic mass is 9.97. The number of nitrogens with one attached hydrogen (secondary N) is 2. The van der Waals surface area contributed by atoms with E-state index in [1.807, 2.05) is 53.3 Å². The molecule has 1 aromatic heterocycles. The topological polar surface area (TPSA) is 146 Å². The van der Waals surface area contributed by atoms with E-state index in [1.54, 1.807) is 0 Å². The van der Waals surface area contributed by atoms with E-state index < -0.39 is 12.3 Å². The molecular weight excluding hydrogens is 538 g/mol. The van der Waals surface area contributed by atoms with Crippen LogP contribution in [0.2, 0.25) is 0 Å². The number of aryl methyl sites for hydroxylation is 1. The number of para-hydroxylation sites is 1. The molecule has 4 aromatic rings. The van der Waals surface area contributed by atoms with Gasteiger partial charge in [-0.05, 0) is 73.5 Å². The van der Waals surface area contributed by atoms with Crippen LogP contribution in [-0.4, -0.2) is 70.6 Å². The fraction of sp³-hybridized carbons (Fsp3) is 0.412. The molecule has 3 aromatic carbocycles. The summed E-state index contributed by atoms with van der Waals surface area (Å²) in [6.45, 7) is 3.62. The molecule has 228 valence electrons. The molecule has 0 radical (unpaired) electrons. The SMILES string of the molecule is C[C@@H]1CN(C(=O)[C@H](N)Cc2ccc3ccccc3c2)[C@@H](CCCNC(N)N)CN1C(=O)CCCc1c[nH]c2ccccc12. The number of hydrogen-bond acceptors (Lipinski definition) is 6. The van der Waals surface area contributed by atoms with Crippen LogP contribution in [0.4, 0.5) is 0 Å². The molecule has 0 unspecified atom stereocenters. The molecule has 0 bridgehead atoms. The second-order valence-electron chi connectivity index (χ2n) is 11.9. The highest BCUT2D eigenvalue weighted by Gasteiger charge is 2.37. The molecule has 1 fully saturated rings. The van der Waals surface area contributed by atoms with Crippen LogP contribution in [0.5, 0.6) is 0 Å². The second kappa shape index (κ2) is 14.1. The Morgan fingerprint density at radius 1 is 0.953 bits per heavy atom. The van der Waals surface area contributed by atoms with Crippen LogP contribution < -0.4 is 22.5 Å². The molecule has 0 saturated carbocycles. The van der Waals surface area contributed by atoms with Crippen LogP contribution in [0.15, 0.2) is 72.9 Å². The number of piperazine rings is 1. The summed E-state index contributed by atoms with van der Waals surface area (Å²) in [6.07, 6.45) is 5.48. The number of carbonyl (C=O) groups excluding carboxylic acids is 2. The predicted molar refractivity (Wildman–Crippen MR) is 173 cm³/mol. The summed E-state index contributed by atoms with van der Waals surface area (Å²) in [7, 11) is 0. The molecular formula is C34H45N7O2. The fourth-order valence-corrected chi connectivity index (χ4v) is 6.34. The van der Waals surface area contributed by atoms with E-state index in [1.165, 1.54) is 10.9 Å². The average molecular weight is 584 g/mol. The molecule has 5 rings (SSSR count). The highest BCUT2D eigenvalue weighted by molar-refractivity contribution is 5.85. The van der Waals surface area contributed by atoms with Gasteiger partial charge in [-0.15, -0.1) is 0 Å². The number of fused-ring (bicyclic) bond motifs is 2. The van der Waals surface area contributed by atoms with Crippen molar-refractivity contribution in [1.82, 2.24) is 20.1 Å². The minimum Gasteiger partial charge on any atom is -0.361 e. The third-order valence-corrected chi connectivity index (χ3v) is 8.64. The van der Waals surface area contributed by atoms with Crippen molar-refractivity contribution in [3.63, 3.8) is 0 Å². The number of benzene rings is 3. The predicted octanol–water partition coefficient (Wildman–Crippen LogP) is 3.21. The molecule has 9 heteroatoms. The van der Waals surface area contributed by atoms with Gasteiger partial charge in [0.15, 0.2) is 0 Å². The van der Waals surface area contributed by atoms with Crippen LogP contribution >= 0.6 is 0 Å². The van der Waals surface area contributed by atoms with Crippen LogP contribution in [-0.2, 0) is 22.4 Å². The number of aromatic nitrogens is 1. The maximum Gasteiger partial charge on any atom is 0.240 e. The monoisotopic (exact) mass is 583 g/mol. The summed E-state index contributed by atoms with van der Waals surface area (Å²) in [4.78, 5) is 34.4. The van der Waals surface area contributed by atoms with Crippen molar-refractivity contribution >= 4 is 33.5 Å². The minimum absolute atomic E-state index is 0.0695. The summed E-state index contributed by atoms with van der Waals surface area (Å²) in [5.41, 5.74) is 21.3. The Hall–Kier alpha value is -3.76. The van der Waals surface area contributed by atoms with Gasteiger partial charge in [0.05, 0.1) is 6.04 Å². The second-order valence-corrected chi connectivity index (χ2v) is 11.9. The Balaban J connectivity index is 1.22. The number of H-pyrrole nitrogens is 1. The number of nitrogens with zero attached hydrogens (tertiary/aromatic N) is 2. The molecule has 1 saturated heterocycles. The molecule has 1 aliphatic rings. The molecule has 0 spiro atoms. The normalized spacial score (nSPS) is 18.1. The summed E-state index contributed by atoms with van der Waals surface area (Å²) >= 11 is 0. The lowest BCUT2D eigenvalue weighted by Gasteiger charge is -2.46. The summed E-state index contributed by atoms with van der Waals surface area (Å²) in [5, 5.41) is 6.54. The Bertz CT molecular complexity index is 1530. The van der Waals surface area contributed by atoms with Crippen molar-refractivity contribution in [1.29, 1.82) is 0 Å². The van der Waals surface area contributed by atoms with Gasteiger partial charge in [-0.1, -0.05) is 60.7 Å². The number of amides is 2. The number of rotatable bonds is 12. The Kier molecular flexibility index (Phi) is 10.1. The largest absolute Gasteiger partial charge is 0.361 e. The first kappa shape index (κ1) is 30.7. The van der Waals surface area contributed by atoms with Crippen molar-refractivity contribution in [3.05, 3.63) is 84.1 Å². The van der Waals surface area contributed by atoms with E-state index in [-0.39, 0.29) is 23.9 Å². The molecule has 3 atom stereocenters. The molecule has 2 amide bonds. The molecule has 43 heavy (non-hydrogen) atoms. The van der Waals surface area contributed by atoms with Gasteiger partial charge < -0.3 is 32.0 Å². The lowest BCUT2D eigenvalue weighted by Crippen LogP contribution is -2.63. The summed E-state index contributed by atoms with van der Waals surface area (Å²) in [5.74, 6) is 0.0620. The molecule has 0 aliphatic carbocycles. The number of hydrogen-bond donors (Lipinski definition) is 5. The van der Waals surface area contributed by atoms with E-state index in [4.69, 9.17) is 17.2 Å². The quantitative estimate of drug-likeness (QED) is 0.128. The highest BCUT2D eigenvalue weighted by atomic mass is 16.2. The van der Waals surface area contributed by atoms with Gasteiger partial charge in [0.1, 0.15) is 6.29 Å². The molecule has 2 heterocycles. The van der Waals surface area contributed by atoms with Crippen molar-refractivity contribution in [3.8, 4) is 0 Å². The van der Waals surface area contributed by atoms with Crippen LogP contribution in [0.3, 0.4) is 0 Å². The van der Waals surface area contributed by atoms with E-state index >= 15 is 0 Å². The lowest BCUT2D eigenvalue weighted by molar-refractivity contribution is -0.147. The van der Waals surface area contributed by atoms with Gasteiger partial charge in [-0.25, -0.2) is 0 Å². The average Bonchev–Trinajstić information content (AvgIpc) is 3.42. The van der Waals surface area contributed by atoms with Crippen LogP contribution in [0, 0.1) is 0 Å². The molecule has 8 N–H and O–H groups in total. The van der Waals surface area contributed by atoms with E-state index in [9.17, 15) is 9.59 Å². The molecule has 1 aliphatic heterocycles. The molecule has 9 nitrogen and oxygen atoms in total. The zero-order valence-corrected chi connectivity index (χ0v) is 25.0. The van der Waals surface area contributed by atoms with Crippen molar-refractivity contribution < 1.29 is 9.59 Å². The Labute approximate surface area is 253 Å². The smallest absolute Gasteiger partial charge is 0.240 e. The van der Waals surface area contributed by atoms with Gasteiger partial charge in [0, 0.05) is 48.7 Å². The van der Waals surface area contributed by atoms with E-state index in [0.29, 0.717) is 32.5 Å². The third kappa shape index (κ3) is 7.61. The van der Waals surface area contributed by atoms with Crippen molar-refractivity contribution in [2.75, 3.05) is 19.6 Å². The number of aromatic amines is 1. The maximum atomic E-state index is 13.8. The Morgan fingerprint density at radius 2 is 1.72 bits per heavy atom. The highest BCUT2D eigenvalue weighted by Crippen LogP contribution is 2.24. The fourth-order valence-electron chi connectivity index (χ4n) is 6.34. The first-order valence-electron chi connectivity index (χ1n) is 15.4. The first-order valence-corrected chi connectivity index (χ1v) is 15.4. The van der Waals surface area contributed by atoms with E-state index in [0.717, 1.165) is 47.5 Å². The van der Waals surface area contributed by atoms with Crippen LogP contribution in [0.1, 0.15) is 43.7 Å². The standard InChI is InChI=1S/C34H45N7O2/c1-23-21-41(33(43)30(35)19-24-15-16-25-8-2-3-9-26(25)18-24)28(11-7-17-38-34(36)37)22-40(23)32(42)14-6-10-27-20-39-31-13-5-4-12-29(27)31/h2-5,8-9,12-13,15-16,18,20,23,28,30,34,38-39H,6-7,10-11,14,17,19,21-22,35-37H2,1H3/t23-,28+,30-/m1/s1. The van der Waals surface area contributed by atoms with Gasteiger partial charge in [0.25, 0.3) is 0 Å². The van der Waals surface area contributed by atoms with E-state index in [2.05, 4.69) is 46.7 Å². The number of carbonyl (C=O) groups is 2. The van der Waals surface area contributed by atoms with Gasteiger partial charge >= 0.3 is 0 Å². The Morgan fingerprint density at radius 3 is 2.53 bits per heavy atom. The third-order valence-electron chi connectivity index (χ3n) is 8.64. The zero-order valence-electron chi connectivity index (χ0n) is 25.0. The number of nitrogens with two attached hydrogens (primary N) is 3.